The Hall–Kier alpha value is -3.04. The highest BCUT2D eigenvalue weighted by Gasteiger charge is 2.40. The lowest BCUT2D eigenvalue weighted by Crippen LogP contribution is -2.35. The van der Waals surface area contributed by atoms with Gasteiger partial charge in [0.2, 0.25) is 11.8 Å². The quantitative estimate of drug-likeness (QED) is 0.454. The summed E-state index contributed by atoms with van der Waals surface area (Å²) in [5.41, 5.74) is 1.79. The average Bonchev–Trinajstić information content (AvgIpc) is 3.30. The summed E-state index contributed by atoms with van der Waals surface area (Å²) in [5.74, 6) is -0.140. The molecule has 1 unspecified atom stereocenters. The molecule has 1 atom stereocenters. The molecule has 0 aliphatic heterocycles. The number of rotatable bonds is 7. The Morgan fingerprint density at radius 3 is 2.67 bits per heavy atom. The second-order valence-corrected chi connectivity index (χ2v) is 9.73. The Balaban J connectivity index is 1.53. The minimum absolute atomic E-state index is 0.00736. The number of nitrogens with zero attached hydrogens (tertiary/aromatic N) is 3. The van der Waals surface area contributed by atoms with Crippen molar-refractivity contribution in [2.45, 2.75) is 45.1 Å². The highest BCUT2D eigenvalue weighted by molar-refractivity contribution is 7.15. The molecule has 1 fully saturated rings. The summed E-state index contributed by atoms with van der Waals surface area (Å²) in [6.07, 6.45) is 5.96. The highest BCUT2D eigenvalue weighted by atomic mass is 32.1. The molecule has 2 heterocycles. The molecule has 174 valence electrons. The SMILES string of the molecule is COc1ccnc(Nc2cc(C)cc(-c3cnc(C(C)(O)C4CCC(C(=O)O)CC4)s3)c2)n1. The van der Waals surface area contributed by atoms with E-state index in [1.165, 1.54) is 11.3 Å². The van der Waals surface area contributed by atoms with Gasteiger partial charge >= 0.3 is 5.97 Å². The second-order valence-electron chi connectivity index (χ2n) is 8.70. The van der Waals surface area contributed by atoms with Gasteiger partial charge in [0.1, 0.15) is 10.6 Å². The van der Waals surface area contributed by atoms with Crippen LogP contribution in [0.2, 0.25) is 0 Å². The van der Waals surface area contributed by atoms with Crippen molar-refractivity contribution in [1.29, 1.82) is 0 Å². The van der Waals surface area contributed by atoms with E-state index in [4.69, 9.17) is 4.74 Å². The van der Waals surface area contributed by atoms with Crippen LogP contribution in [0.15, 0.2) is 36.7 Å². The van der Waals surface area contributed by atoms with E-state index < -0.39 is 11.6 Å². The first-order valence-corrected chi connectivity index (χ1v) is 11.8. The molecule has 3 aromatic rings. The molecule has 0 spiro atoms. The van der Waals surface area contributed by atoms with E-state index in [2.05, 4.69) is 26.3 Å². The molecule has 1 saturated carbocycles. The summed E-state index contributed by atoms with van der Waals surface area (Å²) in [6.45, 7) is 3.81. The Morgan fingerprint density at radius 2 is 1.97 bits per heavy atom. The Kier molecular flexibility index (Phi) is 6.62. The van der Waals surface area contributed by atoms with E-state index in [0.29, 0.717) is 42.5 Å². The van der Waals surface area contributed by atoms with Crippen molar-refractivity contribution in [3.63, 3.8) is 0 Å². The van der Waals surface area contributed by atoms with E-state index in [1.54, 1.807) is 32.5 Å². The molecule has 0 saturated heterocycles. The second kappa shape index (κ2) is 9.44. The number of aromatic nitrogens is 3. The fraction of sp³-hybridized carbons (Fsp3) is 0.417. The average molecular weight is 469 g/mol. The van der Waals surface area contributed by atoms with Crippen molar-refractivity contribution in [1.82, 2.24) is 15.0 Å². The molecule has 33 heavy (non-hydrogen) atoms. The fourth-order valence-electron chi connectivity index (χ4n) is 4.36. The molecule has 1 aromatic carbocycles. The van der Waals surface area contributed by atoms with Crippen LogP contribution >= 0.6 is 11.3 Å². The van der Waals surface area contributed by atoms with Crippen LogP contribution in [0.25, 0.3) is 10.4 Å². The predicted octanol–water partition coefficient (Wildman–Crippen LogP) is 4.76. The molecule has 1 aliphatic carbocycles. The van der Waals surface area contributed by atoms with Crippen LogP contribution in [0.1, 0.15) is 43.2 Å². The third kappa shape index (κ3) is 5.15. The van der Waals surface area contributed by atoms with Crippen LogP contribution in [0, 0.1) is 18.8 Å². The number of anilines is 2. The van der Waals surface area contributed by atoms with Gasteiger partial charge in [-0.3, -0.25) is 4.79 Å². The predicted molar refractivity (Wildman–Crippen MR) is 127 cm³/mol. The van der Waals surface area contributed by atoms with Crippen LogP contribution in [-0.4, -0.2) is 38.2 Å². The number of methoxy groups -OCH3 is 1. The molecule has 2 aromatic heterocycles. The number of ether oxygens (including phenoxy) is 1. The van der Waals surface area contributed by atoms with Crippen LogP contribution < -0.4 is 10.1 Å². The van der Waals surface area contributed by atoms with Gasteiger partial charge in [-0.2, -0.15) is 4.98 Å². The van der Waals surface area contributed by atoms with Crippen molar-refractivity contribution < 1.29 is 19.7 Å². The summed E-state index contributed by atoms with van der Waals surface area (Å²) in [4.78, 5) is 25.3. The number of hydrogen-bond donors (Lipinski definition) is 3. The third-order valence-electron chi connectivity index (χ3n) is 6.27. The molecule has 0 radical (unpaired) electrons. The Labute approximate surface area is 196 Å². The van der Waals surface area contributed by atoms with Gasteiger partial charge < -0.3 is 20.3 Å². The van der Waals surface area contributed by atoms with E-state index in [9.17, 15) is 15.0 Å². The van der Waals surface area contributed by atoms with Crippen molar-refractivity contribution >= 4 is 28.9 Å². The van der Waals surface area contributed by atoms with Gasteiger partial charge in [0.25, 0.3) is 0 Å². The smallest absolute Gasteiger partial charge is 0.306 e. The maximum atomic E-state index is 11.3. The topological polar surface area (TPSA) is 117 Å². The van der Waals surface area contributed by atoms with Gasteiger partial charge in [-0.25, -0.2) is 9.97 Å². The van der Waals surface area contributed by atoms with Gasteiger partial charge in [-0.05, 0) is 68.7 Å². The standard InChI is InChI=1S/C24H28N4O4S/c1-14-10-16(12-18(11-14)27-23-25-9-8-20(28-23)32-3)19-13-26-22(33-19)24(2,31)17-6-4-15(5-7-17)21(29)30/h8-13,15,17,31H,4-7H2,1-3H3,(H,29,30)(H,25,27,28). The zero-order chi connectivity index (χ0) is 23.6. The van der Waals surface area contributed by atoms with E-state index in [1.807, 2.05) is 19.1 Å². The van der Waals surface area contributed by atoms with E-state index in [0.717, 1.165) is 21.7 Å². The van der Waals surface area contributed by atoms with E-state index >= 15 is 0 Å². The van der Waals surface area contributed by atoms with Crippen LogP contribution in [0.5, 0.6) is 5.88 Å². The first-order chi connectivity index (χ1) is 15.8. The number of aliphatic carboxylic acids is 1. The number of hydrogen-bond acceptors (Lipinski definition) is 8. The molecule has 8 nitrogen and oxygen atoms in total. The number of carboxylic acids is 1. The third-order valence-corrected chi connectivity index (χ3v) is 7.54. The summed E-state index contributed by atoms with van der Waals surface area (Å²) in [5, 5.41) is 24.4. The molecular weight excluding hydrogens is 440 g/mol. The van der Waals surface area contributed by atoms with Crippen molar-refractivity contribution in [3.8, 4) is 16.3 Å². The monoisotopic (exact) mass is 468 g/mol. The van der Waals surface area contributed by atoms with Gasteiger partial charge in [-0.1, -0.05) is 6.07 Å². The van der Waals surface area contributed by atoms with Gasteiger partial charge in [0.15, 0.2) is 0 Å². The Bertz CT molecular complexity index is 1140. The first-order valence-electron chi connectivity index (χ1n) is 10.9. The highest BCUT2D eigenvalue weighted by Crippen LogP contribution is 2.43. The summed E-state index contributed by atoms with van der Waals surface area (Å²) in [6, 6.07) is 7.76. The van der Waals surface area contributed by atoms with Gasteiger partial charge in [-0.15, -0.1) is 11.3 Å². The maximum absolute atomic E-state index is 11.3. The molecule has 3 N–H and O–H groups in total. The summed E-state index contributed by atoms with van der Waals surface area (Å²) in [7, 11) is 1.56. The Morgan fingerprint density at radius 1 is 1.21 bits per heavy atom. The molecule has 4 rings (SSSR count). The zero-order valence-electron chi connectivity index (χ0n) is 18.9. The summed E-state index contributed by atoms with van der Waals surface area (Å²) < 4.78 is 5.16. The number of aliphatic hydroxyl groups is 1. The van der Waals surface area contributed by atoms with Gasteiger partial charge in [0, 0.05) is 24.1 Å². The van der Waals surface area contributed by atoms with E-state index in [-0.39, 0.29) is 11.8 Å². The van der Waals surface area contributed by atoms with Crippen molar-refractivity contribution in [2.75, 3.05) is 12.4 Å². The number of carboxylic acid groups (broad SMARTS) is 1. The molecule has 1 aliphatic rings. The lowest BCUT2D eigenvalue weighted by Gasteiger charge is -2.35. The maximum Gasteiger partial charge on any atom is 0.306 e. The fourth-order valence-corrected chi connectivity index (χ4v) is 5.39. The number of benzene rings is 1. The molecule has 9 heteroatoms. The number of aryl methyl sites for hydroxylation is 1. The number of thiazole rings is 1. The molecular formula is C24H28N4O4S. The number of carbonyl (C=O) groups is 1. The van der Waals surface area contributed by atoms with Crippen LogP contribution in [-0.2, 0) is 10.4 Å². The normalized spacial score (nSPS) is 20.1. The minimum atomic E-state index is -1.09. The summed E-state index contributed by atoms with van der Waals surface area (Å²) >= 11 is 1.47. The molecule has 0 amide bonds. The largest absolute Gasteiger partial charge is 0.481 e. The first kappa shape index (κ1) is 23.1. The lowest BCUT2D eigenvalue weighted by molar-refractivity contribution is -0.144. The lowest BCUT2D eigenvalue weighted by atomic mass is 9.74. The van der Waals surface area contributed by atoms with Crippen molar-refractivity contribution in [3.05, 3.63) is 47.2 Å². The van der Waals surface area contributed by atoms with Crippen LogP contribution in [0.3, 0.4) is 0 Å². The minimum Gasteiger partial charge on any atom is -0.481 e. The molecule has 0 bridgehead atoms. The van der Waals surface area contributed by atoms with Gasteiger partial charge in [0.05, 0.1) is 17.9 Å². The van der Waals surface area contributed by atoms with Crippen molar-refractivity contribution in [2.24, 2.45) is 11.8 Å². The number of nitrogens with one attached hydrogen (secondary N) is 1. The van der Waals surface area contributed by atoms with Crippen LogP contribution in [0.4, 0.5) is 11.6 Å². The zero-order valence-corrected chi connectivity index (χ0v) is 19.7.